The van der Waals surface area contributed by atoms with Crippen LogP contribution in [0.1, 0.15) is 29.7 Å². The van der Waals surface area contributed by atoms with Gasteiger partial charge in [0.25, 0.3) is 5.78 Å². The maximum Gasteiger partial charge on any atom is 0.254 e. The molecule has 27 heavy (non-hydrogen) atoms. The second-order valence-corrected chi connectivity index (χ2v) is 7.20. The molecule has 7 nitrogen and oxygen atoms in total. The number of hydrogen-bond acceptors (Lipinski definition) is 6. The minimum Gasteiger partial charge on any atom is -0.496 e. The van der Waals surface area contributed by atoms with Gasteiger partial charge in [-0.3, -0.25) is 0 Å². The van der Waals surface area contributed by atoms with Gasteiger partial charge in [0.05, 0.1) is 7.11 Å². The monoisotopic (exact) mass is 367 g/mol. The first-order valence-electron chi connectivity index (χ1n) is 9.25. The molecule has 0 bridgehead atoms. The van der Waals surface area contributed by atoms with Gasteiger partial charge in [-0.15, -0.1) is 0 Å². The van der Waals surface area contributed by atoms with E-state index in [1.54, 1.807) is 11.6 Å². The van der Waals surface area contributed by atoms with Crippen LogP contribution in [0.4, 0.5) is 5.82 Å². The quantitative estimate of drug-likeness (QED) is 0.747. The number of anilines is 1. The van der Waals surface area contributed by atoms with E-state index in [0.717, 1.165) is 49.9 Å². The Hall–Kier alpha value is -2.67. The van der Waals surface area contributed by atoms with Gasteiger partial charge >= 0.3 is 0 Å². The smallest absolute Gasteiger partial charge is 0.254 e. The SMILES string of the molecule is COc1ccc(C)cc1C1(CNc2cc(C)nc3ncnn23)CCOCC1. The van der Waals surface area contributed by atoms with Crippen LogP contribution in [0.5, 0.6) is 5.75 Å². The van der Waals surface area contributed by atoms with Crippen molar-refractivity contribution in [2.24, 2.45) is 0 Å². The molecule has 7 heteroatoms. The van der Waals surface area contributed by atoms with Crippen LogP contribution in [-0.4, -0.2) is 46.5 Å². The zero-order valence-electron chi connectivity index (χ0n) is 16.0. The second kappa shape index (κ2) is 7.15. The van der Waals surface area contributed by atoms with Gasteiger partial charge in [0.1, 0.15) is 17.9 Å². The van der Waals surface area contributed by atoms with E-state index in [1.807, 2.05) is 13.0 Å². The molecule has 0 aliphatic carbocycles. The van der Waals surface area contributed by atoms with Crippen molar-refractivity contribution in [2.75, 3.05) is 32.2 Å². The Bertz CT molecular complexity index is 947. The van der Waals surface area contributed by atoms with Gasteiger partial charge in [0, 0.05) is 42.5 Å². The molecule has 0 unspecified atom stereocenters. The van der Waals surface area contributed by atoms with Crippen LogP contribution in [0.3, 0.4) is 0 Å². The number of fused-ring (bicyclic) bond motifs is 1. The molecule has 0 radical (unpaired) electrons. The molecular weight excluding hydrogens is 342 g/mol. The molecule has 1 aliphatic rings. The number of aromatic nitrogens is 4. The first-order chi connectivity index (χ1) is 13.1. The summed E-state index contributed by atoms with van der Waals surface area (Å²) in [7, 11) is 1.74. The molecule has 0 spiro atoms. The second-order valence-electron chi connectivity index (χ2n) is 7.20. The molecule has 3 aromatic rings. The van der Waals surface area contributed by atoms with E-state index in [-0.39, 0.29) is 5.41 Å². The van der Waals surface area contributed by atoms with E-state index < -0.39 is 0 Å². The number of ether oxygens (including phenoxy) is 2. The highest BCUT2D eigenvalue weighted by Gasteiger charge is 2.37. The highest BCUT2D eigenvalue weighted by molar-refractivity contribution is 5.48. The average Bonchev–Trinajstić information content (AvgIpc) is 3.15. The molecule has 1 N–H and O–H groups in total. The predicted molar refractivity (Wildman–Crippen MR) is 103 cm³/mol. The van der Waals surface area contributed by atoms with Crippen molar-refractivity contribution in [1.29, 1.82) is 0 Å². The lowest BCUT2D eigenvalue weighted by Gasteiger charge is -2.39. The first-order valence-corrected chi connectivity index (χ1v) is 9.25. The van der Waals surface area contributed by atoms with E-state index in [1.165, 1.54) is 17.5 Å². The summed E-state index contributed by atoms with van der Waals surface area (Å²) in [4.78, 5) is 8.63. The highest BCUT2D eigenvalue weighted by atomic mass is 16.5. The van der Waals surface area contributed by atoms with Crippen molar-refractivity contribution < 1.29 is 9.47 Å². The van der Waals surface area contributed by atoms with E-state index in [4.69, 9.17) is 9.47 Å². The van der Waals surface area contributed by atoms with Crippen LogP contribution in [0.25, 0.3) is 5.78 Å². The van der Waals surface area contributed by atoms with Crippen molar-refractivity contribution >= 4 is 11.6 Å². The molecule has 0 saturated carbocycles. The van der Waals surface area contributed by atoms with E-state index in [9.17, 15) is 0 Å². The fraction of sp³-hybridized carbons (Fsp3) is 0.450. The van der Waals surface area contributed by atoms with Gasteiger partial charge in [-0.2, -0.15) is 14.6 Å². The Morgan fingerprint density at radius 1 is 1.22 bits per heavy atom. The van der Waals surface area contributed by atoms with Gasteiger partial charge in [-0.05, 0) is 32.8 Å². The fourth-order valence-corrected chi connectivity index (χ4v) is 3.86. The lowest BCUT2D eigenvalue weighted by molar-refractivity contribution is 0.0535. The summed E-state index contributed by atoms with van der Waals surface area (Å²) in [5, 5.41) is 7.90. The van der Waals surface area contributed by atoms with Crippen LogP contribution < -0.4 is 10.1 Å². The van der Waals surface area contributed by atoms with Gasteiger partial charge < -0.3 is 14.8 Å². The molecule has 1 saturated heterocycles. The molecule has 1 aromatic carbocycles. The number of aryl methyl sites for hydroxylation is 2. The number of benzene rings is 1. The van der Waals surface area contributed by atoms with Crippen LogP contribution in [-0.2, 0) is 10.2 Å². The first kappa shape index (κ1) is 17.7. The van der Waals surface area contributed by atoms with Gasteiger partial charge in [-0.1, -0.05) is 17.7 Å². The molecule has 142 valence electrons. The molecular formula is C20H25N5O2. The fourth-order valence-electron chi connectivity index (χ4n) is 3.86. The number of nitrogens with one attached hydrogen (secondary N) is 1. The number of hydrogen-bond donors (Lipinski definition) is 1. The molecule has 0 atom stereocenters. The minimum atomic E-state index is -0.0697. The maximum absolute atomic E-state index is 5.70. The summed E-state index contributed by atoms with van der Waals surface area (Å²) in [5.41, 5.74) is 3.31. The molecule has 3 heterocycles. The number of nitrogens with zero attached hydrogens (tertiary/aromatic N) is 4. The predicted octanol–water partition coefficient (Wildman–Crippen LogP) is 2.91. The molecule has 4 rings (SSSR count). The van der Waals surface area contributed by atoms with Gasteiger partial charge in [0.2, 0.25) is 0 Å². The van der Waals surface area contributed by atoms with E-state index in [0.29, 0.717) is 5.78 Å². The zero-order chi connectivity index (χ0) is 18.9. The third-order valence-electron chi connectivity index (χ3n) is 5.36. The van der Waals surface area contributed by atoms with Crippen molar-refractivity contribution in [3.8, 4) is 5.75 Å². The molecule has 1 aliphatic heterocycles. The average molecular weight is 367 g/mol. The Labute approximate surface area is 158 Å². The third-order valence-corrected chi connectivity index (χ3v) is 5.36. The van der Waals surface area contributed by atoms with E-state index in [2.05, 4.69) is 45.5 Å². The van der Waals surface area contributed by atoms with Crippen molar-refractivity contribution in [2.45, 2.75) is 32.1 Å². The Kier molecular flexibility index (Phi) is 4.70. The van der Waals surface area contributed by atoms with Crippen molar-refractivity contribution in [1.82, 2.24) is 19.6 Å². The zero-order valence-corrected chi connectivity index (χ0v) is 16.0. The van der Waals surface area contributed by atoms with E-state index >= 15 is 0 Å². The van der Waals surface area contributed by atoms with Crippen molar-refractivity contribution in [3.05, 3.63) is 47.4 Å². The van der Waals surface area contributed by atoms with Gasteiger partial charge in [0.15, 0.2) is 0 Å². The largest absolute Gasteiger partial charge is 0.496 e. The lowest BCUT2D eigenvalue weighted by Crippen LogP contribution is -2.40. The molecule has 1 fully saturated rings. The standard InChI is InChI=1S/C20H25N5O2/c1-14-4-5-17(26-3)16(10-14)20(6-8-27-9-7-20)12-21-18-11-15(2)24-19-22-13-23-25(18)19/h4-5,10-11,13,21H,6-9,12H2,1-3H3. The van der Waals surface area contributed by atoms with Crippen LogP contribution >= 0.6 is 0 Å². The summed E-state index contributed by atoms with van der Waals surface area (Å²) in [6, 6.07) is 8.40. The Balaban J connectivity index is 1.71. The number of methoxy groups -OCH3 is 1. The van der Waals surface area contributed by atoms with Crippen LogP contribution in [0, 0.1) is 13.8 Å². The topological polar surface area (TPSA) is 73.6 Å². The number of rotatable bonds is 5. The summed E-state index contributed by atoms with van der Waals surface area (Å²) >= 11 is 0. The highest BCUT2D eigenvalue weighted by Crippen LogP contribution is 2.40. The molecule has 0 amide bonds. The summed E-state index contributed by atoms with van der Waals surface area (Å²) in [6.45, 7) is 6.33. The summed E-state index contributed by atoms with van der Waals surface area (Å²) in [6.07, 6.45) is 3.40. The minimum absolute atomic E-state index is 0.0697. The van der Waals surface area contributed by atoms with Gasteiger partial charge in [-0.25, -0.2) is 4.98 Å². The Morgan fingerprint density at radius 2 is 2.04 bits per heavy atom. The summed E-state index contributed by atoms with van der Waals surface area (Å²) < 4.78 is 13.1. The lowest BCUT2D eigenvalue weighted by atomic mass is 9.73. The Morgan fingerprint density at radius 3 is 2.81 bits per heavy atom. The van der Waals surface area contributed by atoms with Crippen LogP contribution in [0.2, 0.25) is 0 Å². The molecule has 2 aromatic heterocycles. The van der Waals surface area contributed by atoms with Crippen molar-refractivity contribution in [3.63, 3.8) is 0 Å². The summed E-state index contributed by atoms with van der Waals surface area (Å²) in [5.74, 6) is 2.43. The third kappa shape index (κ3) is 3.35. The maximum atomic E-state index is 5.70. The van der Waals surface area contributed by atoms with Crippen LogP contribution in [0.15, 0.2) is 30.6 Å². The normalized spacial score (nSPS) is 16.4.